The third-order valence-electron chi connectivity index (χ3n) is 3.80. The van der Waals surface area contributed by atoms with Gasteiger partial charge in [0.15, 0.2) is 5.78 Å². The van der Waals surface area contributed by atoms with E-state index in [0.29, 0.717) is 25.7 Å². The first kappa shape index (κ1) is 12.1. The average Bonchev–Trinajstić information content (AvgIpc) is 2.77. The van der Waals surface area contributed by atoms with Crippen molar-refractivity contribution in [1.82, 2.24) is 9.97 Å². The fraction of sp³-hybridized carbons (Fsp3) is 0.400. The van der Waals surface area contributed by atoms with Gasteiger partial charge in [0.2, 0.25) is 0 Å². The van der Waals surface area contributed by atoms with Crippen molar-refractivity contribution < 1.29 is 9.59 Å². The third kappa shape index (κ3) is 2.30. The Bertz CT molecular complexity index is 647. The summed E-state index contributed by atoms with van der Waals surface area (Å²) in [4.78, 5) is 31.1. The summed E-state index contributed by atoms with van der Waals surface area (Å²) in [6.45, 7) is 1.90. The lowest BCUT2D eigenvalue weighted by Gasteiger charge is -2.19. The number of H-pyrrole nitrogens is 1. The van der Waals surface area contributed by atoms with Crippen LogP contribution in [0.25, 0.3) is 11.0 Å². The Balaban J connectivity index is 1.86. The minimum absolute atomic E-state index is 0.000770. The fourth-order valence-corrected chi connectivity index (χ4v) is 2.73. The molecule has 4 nitrogen and oxygen atoms in total. The molecule has 1 aliphatic carbocycles. The second-order valence-electron chi connectivity index (χ2n) is 5.23. The first-order chi connectivity index (χ1) is 9.13. The van der Waals surface area contributed by atoms with Crippen LogP contribution in [0.2, 0.25) is 0 Å². The minimum Gasteiger partial charge on any atom is -0.342 e. The second-order valence-corrected chi connectivity index (χ2v) is 5.23. The summed E-state index contributed by atoms with van der Waals surface area (Å²) >= 11 is 0. The van der Waals surface area contributed by atoms with E-state index < -0.39 is 0 Å². The topological polar surface area (TPSA) is 62.8 Å². The Hall–Kier alpha value is -1.97. The molecule has 1 N–H and O–H groups in total. The highest BCUT2D eigenvalue weighted by Gasteiger charge is 2.25. The lowest BCUT2D eigenvalue weighted by Crippen LogP contribution is -2.21. The van der Waals surface area contributed by atoms with Crippen LogP contribution in [0.3, 0.4) is 0 Å². The Morgan fingerprint density at radius 3 is 2.79 bits per heavy atom. The zero-order valence-corrected chi connectivity index (χ0v) is 10.9. The number of aryl methyl sites for hydroxylation is 1. The largest absolute Gasteiger partial charge is 0.342 e. The highest BCUT2D eigenvalue weighted by atomic mass is 16.1. The van der Waals surface area contributed by atoms with Gasteiger partial charge in [-0.15, -0.1) is 0 Å². The Kier molecular flexibility index (Phi) is 2.93. The zero-order chi connectivity index (χ0) is 13.4. The molecule has 1 fully saturated rings. The van der Waals surface area contributed by atoms with E-state index in [2.05, 4.69) is 9.97 Å². The normalized spacial score (nSPS) is 17.0. The Morgan fingerprint density at radius 2 is 2.05 bits per heavy atom. The van der Waals surface area contributed by atoms with Gasteiger partial charge in [0, 0.05) is 24.3 Å². The number of hydrogen-bond acceptors (Lipinski definition) is 3. The molecule has 1 aromatic heterocycles. The zero-order valence-electron chi connectivity index (χ0n) is 10.9. The number of ketones is 2. The number of rotatable bonds is 2. The molecule has 2 aromatic rings. The van der Waals surface area contributed by atoms with Crippen molar-refractivity contribution in [2.45, 2.75) is 32.6 Å². The highest BCUT2D eigenvalue weighted by molar-refractivity contribution is 6.01. The van der Waals surface area contributed by atoms with Gasteiger partial charge in [0.05, 0.1) is 11.0 Å². The maximum atomic E-state index is 12.4. The van der Waals surface area contributed by atoms with Gasteiger partial charge >= 0.3 is 0 Å². The SMILES string of the molecule is Cc1nc2ccc(C(=O)C3CCC(=O)CC3)cc2[nH]1. The molecule has 0 aliphatic heterocycles. The Morgan fingerprint density at radius 1 is 1.32 bits per heavy atom. The number of nitrogens with zero attached hydrogens (tertiary/aromatic N) is 1. The number of nitrogens with one attached hydrogen (secondary N) is 1. The number of benzene rings is 1. The molecule has 1 aromatic carbocycles. The van der Waals surface area contributed by atoms with Gasteiger partial charge in [-0.25, -0.2) is 4.98 Å². The molecular weight excluding hydrogens is 240 g/mol. The molecule has 19 heavy (non-hydrogen) atoms. The number of carbonyl (C=O) groups excluding carboxylic acids is 2. The van der Waals surface area contributed by atoms with E-state index in [0.717, 1.165) is 22.4 Å². The number of fused-ring (bicyclic) bond motifs is 1. The molecule has 98 valence electrons. The highest BCUT2D eigenvalue weighted by Crippen LogP contribution is 2.26. The van der Waals surface area contributed by atoms with Gasteiger partial charge < -0.3 is 4.98 Å². The van der Waals surface area contributed by atoms with Gasteiger partial charge in [0.25, 0.3) is 0 Å². The molecule has 1 saturated carbocycles. The lowest BCUT2D eigenvalue weighted by molar-refractivity contribution is -0.120. The van der Waals surface area contributed by atoms with Crippen LogP contribution in [0.15, 0.2) is 18.2 Å². The standard InChI is InChI=1S/C15H16N2O2/c1-9-16-13-7-4-11(8-14(13)17-9)15(19)10-2-5-12(18)6-3-10/h4,7-8,10H,2-3,5-6H2,1H3,(H,16,17). The molecule has 3 rings (SSSR count). The number of Topliss-reactive ketones (excluding diaryl/α,β-unsaturated/α-hetero) is 2. The number of aromatic nitrogens is 2. The van der Waals surface area contributed by atoms with Gasteiger partial charge in [-0.1, -0.05) is 0 Å². The first-order valence-corrected chi connectivity index (χ1v) is 6.66. The molecule has 0 saturated heterocycles. The third-order valence-corrected chi connectivity index (χ3v) is 3.80. The van der Waals surface area contributed by atoms with E-state index in [1.54, 1.807) is 0 Å². The summed E-state index contributed by atoms with van der Waals surface area (Å²) in [5.74, 6) is 1.28. The predicted molar refractivity (Wildman–Crippen MR) is 72.1 cm³/mol. The molecule has 0 amide bonds. The quantitative estimate of drug-likeness (QED) is 0.840. The van der Waals surface area contributed by atoms with Crippen LogP contribution in [0.5, 0.6) is 0 Å². The maximum absolute atomic E-state index is 12.4. The van der Waals surface area contributed by atoms with Crippen LogP contribution in [0, 0.1) is 12.8 Å². The van der Waals surface area contributed by atoms with Crippen LogP contribution in [-0.2, 0) is 4.79 Å². The molecule has 1 aliphatic rings. The van der Waals surface area contributed by atoms with Crippen LogP contribution in [-0.4, -0.2) is 21.5 Å². The number of carbonyl (C=O) groups is 2. The van der Waals surface area contributed by atoms with Gasteiger partial charge in [-0.2, -0.15) is 0 Å². The monoisotopic (exact) mass is 256 g/mol. The lowest BCUT2D eigenvalue weighted by atomic mass is 9.83. The Labute approximate surface area is 111 Å². The van der Waals surface area contributed by atoms with Crippen molar-refractivity contribution >= 4 is 22.6 Å². The van der Waals surface area contributed by atoms with E-state index in [1.165, 1.54) is 0 Å². The van der Waals surface area contributed by atoms with Crippen molar-refractivity contribution in [1.29, 1.82) is 0 Å². The van der Waals surface area contributed by atoms with E-state index in [9.17, 15) is 9.59 Å². The van der Waals surface area contributed by atoms with Crippen LogP contribution in [0.1, 0.15) is 41.9 Å². The van der Waals surface area contributed by atoms with E-state index in [-0.39, 0.29) is 17.5 Å². The fourth-order valence-electron chi connectivity index (χ4n) is 2.73. The van der Waals surface area contributed by atoms with E-state index in [4.69, 9.17) is 0 Å². The van der Waals surface area contributed by atoms with Gasteiger partial charge in [-0.3, -0.25) is 9.59 Å². The predicted octanol–water partition coefficient (Wildman–Crippen LogP) is 2.81. The number of hydrogen-bond donors (Lipinski definition) is 1. The molecule has 1 heterocycles. The molecule has 0 spiro atoms. The van der Waals surface area contributed by atoms with Crippen molar-refractivity contribution in [3.63, 3.8) is 0 Å². The molecular formula is C15H16N2O2. The van der Waals surface area contributed by atoms with Crippen LogP contribution in [0.4, 0.5) is 0 Å². The van der Waals surface area contributed by atoms with Gasteiger partial charge in [0.1, 0.15) is 11.6 Å². The van der Waals surface area contributed by atoms with Crippen molar-refractivity contribution in [2.75, 3.05) is 0 Å². The van der Waals surface area contributed by atoms with Crippen LogP contribution < -0.4 is 0 Å². The maximum Gasteiger partial charge on any atom is 0.166 e. The second kappa shape index (κ2) is 4.61. The molecule has 4 heteroatoms. The van der Waals surface area contributed by atoms with Crippen LogP contribution >= 0.6 is 0 Å². The molecule has 0 radical (unpaired) electrons. The first-order valence-electron chi connectivity index (χ1n) is 6.66. The molecule has 0 unspecified atom stereocenters. The summed E-state index contributed by atoms with van der Waals surface area (Å²) < 4.78 is 0. The summed E-state index contributed by atoms with van der Waals surface area (Å²) in [6.07, 6.45) is 2.47. The summed E-state index contributed by atoms with van der Waals surface area (Å²) in [5.41, 5.74) is 2.50. The summed E-state index contributed by atoms with van der Waals surface area (Å²) in [5, 5.41) is 0. The number of imidazole rings is 1. The van der Waals surface area contributed by atoms with Crippen molar-refractivity contribution in [3.05, 3.63) is 29.6 Å². The summed E-state index contributed by atoms with van der Waals surface area (Å²) in [7, 11) is 0. The van der Waals surface area contributed by atoms with E-state index >= 15 is 0 Å². The minimum atomic E-state index is -0.000770. The van der Waals surface area contributed by atoms with Crippen molar-refractivity contribution in [2.24, 2.45) is 5.92 Å². The van der Waals surface area contributed by atoms with Crippen molar-refractivity contribution in [3.8, 4) is 0 Å². The number of aromatic amines is 1. The molecule has 0 atom stereocenters. The van der Waals surface area contributed by atoms with E-state index in [1.807, 2.05) is 25.1 Å². The van der Waals surface area contributed by atoms with Gasteiger partial charge in [-0.05, 0) is 38.0 Å². The smallest absolute Gasteiger partial charge is 0.166 e. The summed E-state index contributed by atoms with van der Waals surface area (Å²) in [6, 6.07) is 5.58. The molecule has 0 bridgehead atoms. The average molecular weight is 256 g/mol.